The number of aromatic nitrogens is 4. The molecule has 132 valence electrons. The van der Waals surface area contributed by atoms with Crippen LogP contribution in [0.2, 0.25) is 0 Å². The van der Waals surface area contributed by atoms with E-state index in [0.717, 1.165) is 18.4 Å². The Bertz CT molecular complexity index is 782. The topological polar surface area (TPSA) is 128 Å². The maximum Gasteiger partial charge on any atom is 0.312 e. The normalized spacial score (nSPS) is 15.0. The van der Waals surface area contributed by atoms with Crippen molar-refractivity contribution in [2.24, 2.45) is 11.7 Å². The summed E-state index contributed by atoms with van der Waals surface area (Å²) in [6.45, 7) is 3.67. The Morgan fingerprint density at radius 2 is 2.08 bits per heavy atom. The fourth-order valence-electron chi connectivity index (χ4n) is 2.59. The number of benzene rings is 1. The lowest BCUT2D eigenvalue weighted by Crippen LogP contribution is -2.49. The average molecular weight is 343 g/mol. The van der Waals surface area contributed by atoms with Gasteiger partial charge in [0.15, 0.2) is 5.82 Å². The number of rotatable bonds is 6. The maximum absolute atomic E-state index is 12.4. The van der Waals surface area contributed by atoms with Gasteiger partial charge in [-0.05, 0) is 41.3 Å². The summed E-state index contributed by atoms with van der Waals surface area (Å²) in [7, 11) is 0. The molecule has 0 bridgehead atoms. The summed E-state index contributed by atoms with van der Waals surface area (Å²) >= 11 is 0. The van der Waals surface area contributed by atoms with Crippen molar-refractivity contribution in [3.63, 3.8) is 0 Å². The number of primary amides is 1. The minimum Gasteiger partial charge on any atom is -0.352 e. The molecule has 25 heavy (non-hydrogen) atoms. The largest absolute Gasteiger partial charge is 0.352 e. The number of hydrogen-bond donors (Lipinski definition) is 3. The Labute approximate surface area is 145 Å². The molecule has 1 fully saturated rings. The van der Waals surface area contributed by atoms with Gasteiger partial charge in [0.1, 0.15) is 6.04 Å². The van der Waals surface area contributed by atoms with E-state index >= 15 is 0 Å². The quantitative estimate of drug-likeness (QED) is 0.728. The minimum absolute atomic E-state index is 0.0992. The SMILES string of the molecule is CC(C)C(NC(N)=O)C(=O)Nc1cccc(-c2nnnn2C2CC2)c1. The molecular weight excluding hydrogens is 322 g/mol. The molecule has 0 radical (unpaired) electrons. The van der Waals surface area contributed by atoms with Crippen LogP contribution < -0.4 is 16.4 Å². The number of nitrogens with zero attached hydrogens (tertiary/aromatic N) is 4. The van der Waals surface area contributed by atoms with Crippen molar-refractivity contribution in [3.8, 4) is 11.4 Å². The van der Waals surface area contributed by atoms with Gasteiger partial charge < -0.3 is 16.4 Å². The van der Waals surface area contributed by atoms with Gasteiger partial charge >= 0.3 is 6.03 Å². The average Bonchev–Trinajstić information content (AvgIpc) is 3.29. The van der Waals surface area contributed by atoms with E-state index in [2.05, 4.69) is 26.2 Å². The molecule has 4 N–H and O–H groups in total. The number of nitrogens with two attached hydrogens (primary N) is 1. The van der Waals surface area contributed by atoms with Crippen molar-refractivity contribution in [1.82, 2.24) is 25.5 Å². The van der Waals surface area contributed by atoms with E-state index in [0.29, 0.717) is 17.6 Å². The summed E-state index contributed by atoms with van der Waals surface area (Å²) in [5, 5.41) is 17.1. The highest BCUT2D eigenvalue weighted by Gasteiger charge is 2.28. The summed E-state index contributed by atoms with van der Waals surface area (Å²) in [5.41, 5.74) is 6.57. The first kappa shape index (κ1) is 16.9. The van der Waals surface area contributed by atoms with Crippen LogP contribution in [-0.2, 0) is 4.79 Å². The summed E-state index contributed by atoms with van der Waals surface area (Å²) in [6, 6.07) is 6.21. The molecule has 0 spiro atoms. The summed E-state index contributed by atoms with van der Waals surface area (Å²) in [5.74, 6) is 0.250. The Morgan fingerprint density at radius 3 is 2.72 bits per heavy atom. The van der Waals surface area contributed by atoms with E-state index < -0.39 is 12.1 Å². The van der Waals surface area contributed by atoms with Crippen LogP contribution in [0.3, 0.4) is 0 Å². The number of tetrazole rings is 1. The second kappa shape index (κ2) is 6.88. The van der Waals surface area contributed by atoms with Gasteiger partial charge in [-0.1, -0.05) is 26.0 Å². The number of urea groups is 1. The van der Waals surface area contributed by atoms with Gasteiger partial charge in [-0.15, -0.1) is 5.10 Å². The number of anilines is 1. The zero-order valence-corrected chi connectivity index (χ0v) is 14.1. The van der Waals surface area contributed by atoms with E-state index in [9.17, 15) is 9.59 Å². The second-order valence-electron chi connectivity index (χ2n) is 6.48. The maximum atomic E-state index is 12.4. The van der Waals surface area contributed by atoms with Crippen LogP contribution in [0.15, 0.2) is 24.3 Å². The molecular formula is C16H21N7O2. The Balaban J connectivity index is 1.78. The molecule has 2 aromatic rings. The minimum atomic E-state index is -0.730. The van der Waals surface area contributed by atoms with Crippen molar-refractivity contribution in [2.75, 3.05) is 5.32 Å². The lowest BCUT2D eigenvalue weighted by atomic mass is 10.0. The van der Waals surface area contributed by atoms with Crippen molar-refractivity contribution in [1.29, 1.82) is 0 Å². The fraction of sp³-hybridized carbons (Fsp3) is 0.438. The van der Waals surface area contributed by atoms with E-state index in [-0.39, 0.29) is 11.8 Å². The van der Waals surface area contributed by atoms with Crippen LogP contribution in [0, 0.1) is 5.92 Å². The van der Waals surface area contributed by atoms with Crippen LogP contribution in [0.4, 0.5) is 10.5 Å². The molecule has 1 aromatic heterocycles. The molecule has 0 saturated heterocycles. The highest BCUT2D eigenvalue weighted by Crippen LogP contribution is 2.36. The first-order valence-corrected chi connectivity index (χ1v) is 8.21. The van der Waals surface area contributed by atoms with Gasteiger partial charge in [0.05, 0.1) is 6.04 Å². The third kappa shape index (κ3) is 3.93. The lowest BCUT2D eigenvalue weighted by molar-refractivity contribution is -0.118. The van der Waals surface area contributed by atoms with Gasteiger partial charge in [0.25, 0.3) is 0 Å². The molecule has 1 saturated carbocycles. The van der Waals surface area contributed by atoms with Crippen molar-refractivity contribution in [3.05, 3.63) is 24.3 Å². The summed E-state index contributed by atoms with van der Waals surface area (Å²) < 4.78 is 1.81. The summed E-state index contributed by atoms with van der Waals surface area (Å²) in [4.78, 5) is 23.5. The summed E-state index contributed by atoms with van der Waals surface area (Å²) in [6.07, 6.45) is 2.15. The highest BCUT2D eigenvalue weighted by atomic mass is 16.2. The third-order valence-corrected chi connectivity index (χ3v) is 4.02. The van der Waals surface area contributed by atoms with Gasteiger partial charge in [-0.25, -0.2) is 9.48 Å². The Morgan fingerprint density at radius 1 is 1.32 bits per heavy atom. The molecule has 1 heterocycles. The van der Waals surface area contributed by atoms with Crippen LogP contribution in [-0.4, -0.2) is 38.2 Å². The highest BCUT2D eigenvalue weighted by molar-refractivity contribution is 5.97. The standard InChI is InChI=1S/C16H21N7O2/c1-9(2)13(19-16(17)25)15(24)18-11-5-3-4-10(8-11)14-20-21-22-23(14)12-6-7-12/h3-5,8-9,12-13H,6-7H2,1-2H3,(H,18,24)(H3,17,19,25). The Kier molecular flexibility index (Phi) is 4.64. The van der Waals surface area contributed by atoms with Crippen LogP contribution >= 0.6 is 0 Å². The second-order valence-corrected chi connectivity index (χ2v) is 6.48. The predicted octanol–water partition coefficient (Wildman–Crippen LogP) is 1.31. The number of nitrogens with one attached hydrogen (secondary N) is 2. The van der Waals surface area contributed by atoms with Crippen LogP contribution in [0.1, 0.15) is 32.7 Å². The van der Waals surface area contributed by atoms with Crippen molar-refractivity contribution in [2.45, 2.75) is 38.8 Å². The monoisotopic (exact) mass is 343 g/mol. The molecule has 3 amide bonds. The van der Waals surface area contributed by atoms with Gasteiger partial charge in [0, 0.05) is 11.3 Å². The fourth-order valence-corrected chi connectivity index (χ4v) is 2.59. The van der Waals surface area contributed by atoms with Gasteiger partial charge in [-0.3, -0.25) is 4.79 Å². The molecule has 1 aliphatic carbocycles. The van der Waals surface area contributed by atoms with E-state index in [1.54, 1.807) is 6.07 Å². The number of hydrogen-bond acceptors (Lipinski definition) is 5. The van der Waals surface area contributed by atoms with E-state index in [1.807, 2.05) is 36.7 Å². The molecule has 3 rings (SSSR count). The molecule has 1 atom stereocenters. The van der Waals surface area contributed by atoms with Crippen LogP contribution in [0.25, 0.3) is 11.4 Å². The first-order chi connectivity index (χ1) is 12.0. The zero-order chi connectivity index (χ0) is 18.0. The van der Waals surface area contributed by atoms with E-state index in [1.165, 1.54) is 0 Å². The molecule has 0 aliphatic heterocycles. The van der Waals surface area contributed by atoms with Gasteiger partial charge in [-0.2, -0.15) is 0 Å². The lowest BCUT2D eigenvalue weighted by Gasteiger charge is -2.20. The zero-order valence-electron chi connectivity index (χ0n) is 14.1. The molecule has 1 aromatic carbocycles. The first-order valence-electron chi connectivity index (χ1n) is 8.21. The Hall–Kier alpha value is -2.97. The molecule has 9 nitrogen and oxygen atoms in total. The molecule has 1 aliphatic rings. The number of carbonyl (C=O) groups is 2. The van der Waals surface area contributed by atoms with Gasteiger partial charge in [0.2, 0.25) is 5.91 Å². The van der Waals surface area contributed by atoms with E-state index in [4.69, 9.17) is 5.73 Å². The van der Waals surface area contributed by atoms with Crippen molar-refractivity contribution >= 4 is 17.6 Å². The molecule has 9 heteroatoms. The third-order valence-electron chi connectivity index (χ3n) is 4.02. The predicted molar refractivity (Wildman–Crippen MR) is 91.5 cm³/mol. The number of amides is 3. The van der Waals surface area contributed by atoms with Crippen molar-refractivity contribution < 1.29 is 9.59 Å². The number of carbonyl (C=O) groups excluding carboxylic acids is 2. The molecule has 1 unspecified atom stereocenters. The van der Waals surface area contributed by atoms with Crippen LogP contribution in [0.5, 0.6) is 0 Å². The smallest absolute Gasteiger partial charge is 0.312 e.